The summed E-state index contributed by atoms with van der Waals surface area (Å²) in [4.78, 5) is 13.7. The van der Waals surface area contributed by atoms with Crippen LogP contribution in [-0.4, -0.2) is 28.6 Å². The van der Waals surface area contributed by atoms with Gasteiger partial charge in [0.25, 0.3) is 0 Å². The van der Waals surface area contributed by atoms with Crippen molar-refractivity contribution in [2.75, 3.05) is 6.54 Å². The van der Waals surface area contributed by atoms with Crippen molar-refractivity contribution in [3.63, 3.8) is 0 Å². The zero-order valence-electron chi connectivity index (χ0n) is 11.2. The standard InChI is InChI=1S/C16H21NO2/c18-16(19)15-9-13-7-3-4-8-14(13)11-17(15)10-12-5-1-2-6-12/h3-4,7-8,12,15H,1-2,5-6,9-11H2,(H,18,19). The van der Waals surface area contributed by atoms with Gasteiger partial charge in [0.05, 0.1) is 0 Å². The van der Waals surface area contributed by atoms with Gasteiger partial charge in [0.15, 0.2) is 0 Å². The van der Waals surface area contributed by atoms with Gasteiger partial charge in [-0.15, -0.1) is 0 Å². The highest BCUT2D eigenvalue weighted by molar-refractivity contribution is 5.74. The highest BCUT2D eigenvalue weighted by Gasteiger charge is 2.32. The lowest BCUT2D eigenvalue weighted by atomic mass is 9.92. The Balaban J connectivity index is 1.79. The number of aliphatic carboxylic acids is 1. The third kappa shape index (κ3) is 2.66. The summed E-state index contributed by atoms with van der Waals surface area (Å²) in [7, 11) is 0. The fourth-order valence-corrected chi connectivity index (χ4v) is 3.54. The number of carboxylic acid groups (broad SMARTS) is 1. The Kier molecular flexibility index (Phi) is 3.56. The van der Waals surface area contributed by atoms with E-state index in [1.807, 2.05) is 12.1 Å². The molecule has 3 rings (SSSR count). The number of fused-ring (bicyclic) bond motifs is 1. The van der Waals surface area contributed by atoms with Crippen LogP contribution in [0.15, 0.2) is 24.3 Å². The van der Waals surface area contributed by atoms with Crippen molar-refractivity contribution in [2.24, 2.45) is 5.92 Å². The fraction of sp³-hybridized carbons (Fsp3) is 0.562. The minimum absolute atomic E-state index is 0.338. The van der Waals surface area contributed by atoms with E-state index in [-0.39, 0.29) is 6.04 Å². The van der Waals surface area contributed by atoms with E-state index in [0.717, 1.165) is 13.1 Å². The molecule has 1 saturated carbocycles. The van der Waals surface area contributed by atoms with Crippen molar-refractivity contribution in [2.45, 2.75) is 44.7 Å². The second-order valence-electron chi connectivity index (χ2n) is 5.91. The van der Waals surface area contributed by atoms with Crippen molar-refractivity contribution in [3.8, 4) is 0 Å². The first-order valence-electron chi connectivity index (χ1n) is 7.27. The van der Waals surface area contributed by atoms with Crippen molar-refractivity contribution in [1.82, 2.24) is 4.90 Å². The predicted octanol–water partition coefficient (Wildman–Crippen LogP) is 2.69. The Morgan fingerprint density at radius 1 is 1.21 bits per heavy atom. The normalized spacial score (nSPS) is 24.3. The number of hydrogen-bond donors (Lipinski definition) is 1. The van der Waals surface area contributed by atoms with E-state index in [0.29, 0.717) is 12.3 Å². The third-order valence-corrected chi connectivity index (χ3v) is 4.60. The van der Waals surface area contributed by atoms with Crippen LogP contribution in [0.5, 0.6) is 0 Å². The lowest BCUT2D eigenvalue weighted by Crippen LogP contribution is -2.47. The molecule has 0 aromatic heterocycles. The first-order valence-corrected chi connectivity index (χ1v) is 7.27. The van der Waals surface area contributed by atoms with Gasteiger partial charge < -0.3 is 5.11 Å². The van der Waals surface area contributed by atoms with Gasteiger partial charge in [-0.3, -0.25) is 9.69 Å². The van der Waals surface area contributed by atoms with Crippen LogP contribution in [0.2, 0.25) is 0 Å². The predicted molar refractivity (Wildman–Crippen MR) is 73.9 cm³/mol. The Bertz CT molecular complexity index is 466. The summed E-state index contributed by atoms with van der Waals surface area (Å²) in [6, 6.07) is 7.92. The van der Waals surface area contributed by atoms with Gasteiger partial charge in [0, 0.05) is 13.1 Å². The second kappa shape index (κ2) is 5.33. The molecular formula is C16H21NO2. The molecule has 1 heterocycles. The van der Waals surface area contributed by atoms with Crippen molar-refractivity contribution < 1.29 is 9.90 Å². The van der Waals surface area contributed by atoms with Crippen molar-refractivity contribution in [1.29, 1.82) is 0 Å². The average Bonchev–Trinajstić information content (AvgIpc) is 2.90. The topological polar surface area (TPSA) is 40.5 Å². The highest BCUT2D eigenvalue weighted by Crippen LogP contribution is 2.30. The summed E-state index contributed by atoms with van der Waals surface area (Å²) >= 11 is 0. The molecule has 19 heavy (non-hydrogen) atoms. The molecule has 3 nitrogen and oxygen atoms in total. The van der Waals surface area contributed by atoms with Crippen LogP contribution in [0.3, 0.4) is 0 Å². The summed E-state index contributed by atoms with van der Waals surface area (Å²) in [6.45, 7) is 1.74. The first-order chi connectivity index (χ1) is 9.24. The zero-order valence-corrected chi connectivity index (χ0v) is 11.2. The number of hydrogen-bond acceptors (Lipinski definition) is 2. The quantitative estimate of drug-likeness (QED) is 0.907. The minimum Gasteiger partial charge on any atom is -0.480 e. The largest absolute Gasteiger partial charge is 0.480 e. The number of benzene rings is 1. The molecule has 1 fully saturated rings. The SMILES string of the molecule is O=C(O)C1Cc2ccccc2CN1CC1CCCC1. The Morgan fingerprint density at radius 2 is 1.89 bits per heavy atom. The molecule has 1 aliphatic carbocycles. The molecule has 3 heteroatoms. The van der Waals surface area contributed by atoms with Gasteiger partial charge in [0.1, 0.15) is 6.04 Å². The summed E-state index contributed by atoms with van der Waals surface area (Å²) < 4.78 is 0. The number of carbonyl (C=O) groups is 1. The van der Waals surface area contributed by atoms with Crippen LogP contribution < -0.4 is 0 Å². The van der Waals surface area contributed by atoms with Crippen LogP contribution >= 0.6 is 0 Å². The molecule has 102 valence electrons. The van der Waals surface area contributed by atoms with E-state index in [1.165, 1.54) is 36.8 Å². The van der Waals surface area contributed by atoms with E-state index in [2.05, 4.69) is 17.0 Å². The van der Waals surface area contributed by atoms with Crippen molar-refractivity contribution >= 4 is 5.97 Å². The van der Waals surface area contributed by atoms with Crippen LogP contribution in [-0.2, 0) is 17.8 Å². The molecule has 1 atom stereocenters. The van der Waals surface area contributed by atoms with Gasteiger partial charge >= 0.3 is 5.97 Å². The maximum atomic E-state index is 11.5. The maximum absolute atomic E-state index is 11.5. The van der Waals surface area contributed by atoms with E-state index < -0.39 is 5.97 Å². The maximum Gasteiger partial charge on any atom is 0.321 e. The lowest BCUT2D eigenvalue weighted by molar-refractivity contribution is -0.144. The van der Waals surface area contributed by atoms with Gasteiger partial charge in [-0.2, -0.15) is 0 Å². The molecule has 1 aromatic rings. The van der Waals surface area contributed by atoms with E-state index in [4.69, 9.17) is 0 Å². The molecule has 0 amide bonds. The molecule has 1 N–H and O–H groups in total. The van der Waals surface area contributed by atoms with Gasteiger partial charge in [-0.1, -0.05) is 37.1 Å². The summed E-state index contributed by atoms with van der Waals surface area (Å²) in [6.07, 6.45) is 5.81. The zero-order chi connectivity index (χ0) is 13.2. The van der Waals surface area contributed by atoms with Crippen LogP contribution in [0.4, 0.5) is 0 Å². The molecule has 1 aromatic carbocycles. The third-order valence-electron chi connectivity index (χ3n) is 4.60. The summed E-state index contributed by atoms with van der Waals surface area (Å²) in [5.41, 5.74) is 2.51. The second-order valence-corrected chi connectivity index (χ2v) is 5.91. The Morgan fingerprint density at radius 3 is 2.58 bits per heavy atom. The van der Waals surface area contributed by atoms with Crippen LogP contribution in [0.1, 0.15) is 36.8 Å². The Labute approximate surface area is 114 Å². The smallest absolute Gasteiger partial charge is 0.321 e. The van der Waals surface area contributed by atoms with Crippen LogP contribution in [0.25, 0.3) is 0 Å². The van der Waals surface area contributed by atoms with Gasteiger partial charge in [-0.05, 0) is 36.3 Å². The number of nitrogens with zero attached hydrogens (tertiary/aromatic N) is 1. The monoisotopic (exact) mass is 259 g/mol. The number of carboxylic acids is 1. The molecule has 0 radical (unpaired) electrons. The minimum atomic E-state index is -0.674. The molecule has 0 bridgehead atoms. The molecular weight excluding hydrogens is 238 g/mol. The first kappa shape index (κ1) is 12.7. The highest BCUT2D eigenvalue weighted by atomic mass is 16.4. The fourth-order valence-electron chi connectivity index (χ4n) is 3.54. The summed E-state index contributed by atoms with van der Waals surface area (Å²) in [5.74, 6) is 0.0274. The number of rotatable bonds is 3. The summed E-state index contributed by atoms with van der Waals surface area (Å²) in [5, 5.41) is 9.47. The van der Waals surface area contributed by atoms with Crippen LogP contribution in [0, 0.1) is 5.92 Å². The average molecular weight is 259 g/mol. The van der Waals surface area contributed by atoms with E-state index in [9.17, 15) is 9.90 Å². The van der Waals surface area contributed by atoms with E-state index in [1.54, 1.807) is 0 Å². The molecule has 1 aliphatic heterocycles. The molecule has 0 saturated heterocycles. The lowest BCUT2D eigenvalue weighted by Gasteiger charge is -2.36. The van der Waals surface area contributed by atoms with Gasteiger partial charge in [-0.25, -0.2) is 0 Å². The van der Waals surface area contributed by atoms with E-state index >= 15 is 0 Å². The molecule has 0 spiro atoms. The van der Waals surface area contributed by atoms with Gasteiger partial charge in [0.2, 0.25) is 0 Å². The molecule has 2 aliphatic rings. The Hall–Kier alpha value is -1.35. The van der Waals surface area contributed by atoms with Crippen molar-refractivity contribution in [3.05, 3.63) is 35.4 Å². The molecule has 1 unspecified atom stereocenters.